The van der Waals surface area contributed by atoms with E-state index in [9.17, 15) is 0 Å². The highest BCUT2D eigenvalue weighted by Crippen LogP contribution is 2.19. The summed E-state index contributed by atoms with van der Waals surface area (Å²) in [6.07, 6.45) is 0. The van der Waals surface area contributed by atoms with E-state index in [1.54, 1.807) is 41.5 Å². The number of hydrogen-bond acceptors (Lipinski definition) is 0. The smallest absolute Gasteiger partial charge is 0.0631 e. The maximum atomic E-state index is 2.76. The summed E-state index contributed by atoms with van der Waals surface area (Å²) in [7, 11) is -6.83. The Hall–Kier alpha value is -1.47. The molecule has 0 N–H and O–H groups in total. The molecule has 3 aromatic carbocycles. The number of rotatable bonds is 0. The van der Waals surface area contributed by atoms with E-state index in [2.05, 4.69) is 113 Å². The molecule has 154 valence electrons. The van der Waals surface area contributed by atoms with Gasteiger partial charge in [0, 0.05) is 0 Å². The average Bonchev–Trinajstić information content (AvgIpc) is 2.71. The Balaban J connectivity index is 1.89. The zero-order chi connectivity index (χ0) is 21.7. The number of benzene rings is 3. The van der Waals surface area contributed by atoms with Crippen LogP contribution in [0, 0.1) is 0 Å². The molecular formula is C26H34Si4. The van der Waals surface area contributed by atoms with E-state index in [0.29, 0.717) is 0 Å². The highest BCUT2D eigenvalue weighted by molar-refractivity contribution is 7.19. The molecule has 0 fully saturated rings. The van der Waals surface area contributed by atoms with Gasteiger partial charge in [-0.2, -0.15) is 0 Å². The van der Waals surface area contributed by atoms with Crippen LogP contribution in [0.15, 0.2) is 60.7 Å². The minimum Gasteiger partial charge on any atom is -0.0631 e. The molecule has 0 spiro atoms. The van der Waals surface area contributed by atoms with E-state index < -0.39 is 32.3 Å². The maximum absolute atomic E-state index is 2.76. The molecule has 0 radical (unpaired) electrons. The fourth-order valence-corrected chi connectivity index (χ4v) is 25.4. The van der Waals surface area contributed by atoms with Crippen LogP contribution in [0.1, 0.15) is 0 Å². The summed E-state index contributed by atoms with van der Waals surface area (Å²) in [6.45, 7) is 20.7. The topological polar surface area (TPSA) is 0 Å². The molecule has 0 atom stereocenters. The Bertz CT molecular complexity index is 1020. The van der Waals surface area contributed by atoms with Gasteiger partial charge in [0.15, 0.2) is 0 Å². The highest BCUT2D eigenvalue weighted by atomic mass is 28.3. The second-order valence-electron chi connectivity index (χ2n) is 11.5. The van der Waals surface area contributed by atoms with Crippen molar-refractivity contribution in [2.45, 2.75) is 52.4 Å². The minimum absolute atomic E-state index is 1.70. The third-order valence-corrected chi connectivity index (χ3v) is 23.6. The normalized spacial score (nSPS) is 21.1. The fourth-order valence-electron chi connectivity index (χ4n) is 6.39. The summed E-state index contributed by atoms with van der Waals surface area (Å²) in [5, 5.41) is 13.8. The van der Waals surface area contributed by atoms with Gasteiger partial charge in [-0.1, -0.05) is 155 Å². The van der Waals surface area contributed by atoms with Gasteiger partial charge in [-0.3, -0.25) is 0 Å². The molecule has 30 heavy (non-hydrogen) atoms. The van der Waals surface area contributed by atoms with Crippen LogP contribution >= 0.6 is 0 Å². The standard InChI is InChI=1S/C26H34Si4/c1-27(2)19-13-9-10-14-20(19)28(3,4)24-18-26-25(17-23(24)27)29(5,6)21-15-11-12-16-22(21)30(26,7)8/h9-18H,1-8H3. The number of fused-ring (bicyclic) bond motifs is 4. The molecular weight excluding hydrogens is 425 g/mol. The molecule has 0 unspecified atom stereocenters. The minimum atomic E-state index is -1.71. The highest BCUT2D eigenvalue weighted by Gasteiger charge is 2.49. The van der Waals surface area contributed by atoms with Gasteiger partial charge in [0.2, 0.25) is 0 Å². The van der Waals surface area contributed by atoms with Gasteiger partial charge in [-0.05, 0) is 0 Å². The monoisotopic (exact) mass is 458 g/mol. The van der Waals surface area contributed by atoms with Gasteiger partial charge in [-0.25, -0.2) is 0 Å². The van der Waals surface area contributed by atoms with Crippen molar-refractivity contribution in [3.8, 4) is 0 Å². The second kappa shape index (κ2) is 6.06. The third-order valence-electron chi connectivity index (χ3n) is 8.40. The van der Waals surface area contributed by atoms with E-state index in [1.165, 1.54) is 0 Å². The Labute approximate surface area is 186 Å². The predicted molar refractivity (Wildman–Crippen MR) is 146 cm³/mol. The van der Waals surface area contributed by atoms with Crippen molar-refractivity contribution in [2.24, 2.45) is 0 Å². The first-order valence-corrected chi connectivity index (χ1v) is 23.3. The van der Waals surface area contributed by atoms with E-state index in [-0.39, 0.29) is 0 Å². The van der Waals surface area contributed by atoms with E-state index in [0.717, 1.165) is 0 Å². The van der Waals surface area contributed by atoms with Crippen LogP contribution in [-0.2, 0) is 0 Å². The second-order valence-corrected chi connectivity index (χ2v) is 28.8. The van der Waals surface area contributed by atoms with Gasteiger partial charge in [-0.15, -0.1) is 0 Å². The van der Waals surface area contributed by atoms with Crippen LogP contribution in [0.5, 0.6) is 0 Å². The van der Waals surface area contributed by atoms with Crippen molar-refractivity contribution in [3.63, 3.8) is 0 Å². The molecule has 0 amide bonds. The summed E-state index contributed by atoms with van der Waals surface area (Å²) in [5.74, 6) is 0. The number of hydrogen-bond donors (Lipinski definition) is 0. The van der Waals surface area contributed by atoms with Crippen LogP contribution in [0.4, 0.5) is 0 Å². The molecule has 0 aromatic heterocycles. The Morgan fingerprint density at radius 3 is 0.733 bits per heavy atom. The maximum Gasteiger partial charge on any atom is 0.111 e. The van der Waals surface area contributed by atoms with Gasteiger partial charge in [0.1, 0.15) is 32.3 Å². The van der Waals surface area contributed by atoms with E-state index in [4.69, 9.17) is 0 Å². The Morgan fingerprint density at radius 2 is 0.533 bits per heavy atom. The van der Waals surface area contributed by atoms with Gasteiger partial charge in [0.25, 0.3) is 0 Å². The van der Waals surface area contributed by atoms with Gasteiger partial charge >= 0.3 is 0 Å². The van der Waals surface area contributed by atoms with E-state index in [1.807, 2.05) is 0 Å². The molecule has 2 aliphatic heterocycles. The zero-order valence-electron chi connectivity index (χ0n) is 19.8. The van der Waals surface area contributed by atoms with Gasteiger partial charge < -0.3 is 0 Å². The van der Waals surface area contributed by atoms with Crippen LogP contribution in [0.25, 0.3) is 0 Å². The lowest BCUT2D eigenvalue weighted by Gasteiger charge is -2.47. The molecule has 4 heteroatoms. The predicted octanol–water partition coefficient (Wildman–Crippen LogP) is 1.60. The van der Waals surface area contributed by atoms with Crippen molar-refractivity contribution < 1.29 is 0 Å². The Kier molecular flexibility index (Phi) is 4.13. The van der Waals surface area contributed by atoms with Crippen LogP contribution in [0.2, 0.25) is 52.4 Å². The summed E-state index contributed by atoms with van der Waals surface area (Å²) in [4.78, 5) is 0. The summed E-state index contributed by atoms with van der Waals surface area (Å²) in [6, 6.07) is 24.4. The molecule has 2 heterocycles. The van der Waals surface area contributed by atoms with Crippen molar-refractivity contribution in [1.29, 1.82) is 0 Å². The Morgan fingerprint density at radius 1 is 0.333 bits per heavy atom. The molecule has 0 aliphatic carbocycles. The first-order chi connectivity index (χ1) is 13.9. The zero-order valence-corrected chi connectivity index (χ0v) is 23.8. The van der Waals surface area contributed by atoms with Crippen molar-refractivity contribution in [2.75, 3.05) is 0 Å². The molecule has 0 saturated heterocycles. The van der Waals surface area contributed by atoms with Crippen molar-refractivity contribution in [3.05, 3.63) is 60.7 Å². The fraction of sp³-hybridized carbons (Fsp3) is 0.308. The summed E-state index contributed by atoms with van der Waals surface area (Å²) >= 11 is 0. The first kappa shape index (κ1) is 20.4. The van der Waals surface area contributed by atoms with Crippen LogP contribution in [-0.4, -0.2) is 32.3 Å². The quantitative estimate of drug-likeness (QED) is 0.449. The molecule has 0 saturated carbocycles. The van der Waals surface area contributed by atoms with Crippen LogP contribution < -0.4 is 41.5 Å². The van der Waals surface area contributed by atoms with Crippen molar-refractivity contribution >= 4 is 73.8 Å². The third kappa shape index (κ3) is 2.42. The molecule has 5 rings (SSSR count). The average molecular weight is 459 g/mol. The summed E-state index contributed by atoms with van der Waals surface area (Å²) in [5.41, 5.74) is 0. The lowest BCUT2D eigenvalue weighted by molar-refractivity contribution is 1.62. The lowest BCUT2D eigenvalue weighted by Crippen LogP contribution is -2.83. The largest absolute Gasteiger partial charge is 0.111 e. The molecule has 3 aromatic rings. The lowest BCUT2D eigenvalue weighted by atomic mass is 10.3. The van der Waals surface area contributed by atoms with Gasteiger partial charge in [0.05, 0.1) is 0 Å². The molecule has 0 nitrogen and oxygen atoms in total. The molecule has 0 bridgehead atoms. The van der Waals surface area contributed by atoms with E-state index >= 15 is 0 Å². The first-order valence-electron chi connectivity index (χ1n) is 11.3. The van der Waals surface area contributed by atoms with Crippen LogP contribution in [0.3, 0.4) is 0 Å². The SMILES string of the molecule is C[Si]1(C)c2ccccc2[Si](C)(C)c2cc3c(cc21)[Si](C)(C)c1ccccc1[Si]3(C)C. The summed E-state index contributed by atoms with van der Waals surface area (Å²) < 4.78 is 0. The van der Waals surface area contributed by atoms with Crippen molar-refractivity contribution in [1.82, 2.24) is 0 Å². The molecule has 2 aliphatic rings.